The highest BCUT2D eigenvalue weighted by Gasteiger charge is 2.16. The van der Waals surface area contributed by atoms with E-state index < -0.39 is 0 Å². The average molecular weight is 295 g/mol. The van der Waals surface area contributed by atoms with Crippen molar-refractivity contribution in [1.82, 2.24) is 5.32 Å². The van der Waals surface area contributed by atoms with Gasteiger partial charge in [0.25, 0.3) is 5.91 Å². The Kier molecular flexibility index (Phi) is 5.59. The molecule has 1 aromatic rings. The number of rotatable bonds is 5. The maximum atomic E-state index is 12.0. The second-order valence-corrected chi connectivity index (χ2v) is 6.19. The molecule has 0 fully saturated rings. The van der Waals surface area contributed by atoms with E-state index in [1.54, 1.807) is 11.3 Å². The van der Waals surface area contributed by atoms with Crippen LogP contribution in [0.3, 0.4) is 0 Å². The third-order valence-electron chi connectivity index (χ3n) is 3.54. The first-order valence-corrected chi connectivity index (χ1v) is 7.99. The molecule has 1 aliphatic rings. The molecule has 0 bridgehead atoms. The van der Waals surface area contributed by atoms with Gasteiger partial charge in [0.2, 0.25) is 0 Å². The fourth-order valence-corrected chi connectivity index (χ4v) is 3.57. The Morgan fingerprint density at radius 1 is 1.30 bits per heavy atom. The van der Waals surface area contributed by atoms with Gasteiger partial charge in [-0.1, -0.05) is 6.42 Å². The number of carbonyl (C=O) groups excluding carboxylic acids is 2. The lowest BCUT2D eigenvalue weighted by atomic mass is 10.1. The van der Waals surface area contributed by atoms with E-state index in [4.69, 9.17) is 0 Å². The van der Waals surface area contributed by atoms with Crippen LogP contribution in [0.2, 0.25) is 0 Å². The van der Waals surface area contributed by atoms with Crippen molar-refractivity contribution in [3.63, 3.8) is 0 Å². The molecule has 1 amide bonds. The molecule has 4 nitrogen and oxygen atoms in total. The number of nitrogens with one attached hydrogen (secondary N) is 1. The molecule has 0 radical (unpaired) electrons. The molecular weight excluding hydrogens is 274 g/mol. The van der Waals surface area contributed by atoms with Crippen molar-refractivity contribution in [3.05, 3.63) is 21.4 Å². The number of aryl methyl sites for hydroxylation is 2. The van der Waals surface area contributed by atoms with Crippen molar-refractivity contribution in [1.29, 1.82) is 0 Å². The van der Waals surface area contributed by atoms with E-state index in [9.17, 15) is 9.59 Å². The lowest BCUT2D eigenvalue weighted by Gasteiger charge is -2.02. The van der Waals surface area contributed by atoms with Gasteiger partial charge in [-0.3, -0.25) is 9.59 Å². The third kappa shape index (κ3) is 4.07. The molecule has 1 aromatic heterocycles. The topological polar surface area (TPSA) is 55.4 Å². The van der Waals surface area contributed by atoms with Gasteiger partial charge in [-0.2, -0.15) is 0 Å². The summed E-state index contributed by atoms with van der Waals surface area (Å²) in [6.45, 7) is 0.510. The molecule has 20 heavy (non-hydrogen) atoms. The molecule has 0 unspecified atom stereocenters. The number of carbonyl (C=O) groups is 2. The minimum atomic E-state index is -0.234. The second-order valence-electron chi connectivity index (χ2n) is 5.06. The van der Waals surface area contributed by atoms with Crippen LogP contribution >= 0.6 is 11.3 Å². The summed E-state index contributed by atoms with van der Waals surface area (Å²) in [5.74, 6) is -0.255. The highest BCUT2D eigenvalue weighted by molar-refractivity contribution is 7.14. The van der Waals surface area contributed by atoms with E-state index in [0.29, 0.717) is 19.4 Å². The van der Waals surface area contributed by atoms with E-state index in [1.807, 2.05) is 6.07 Å². The molecule has 0 saturated heterocycles. The van der Waals surface area contributed by atoms with Crippen molar-refractivity contribution in [2.75, 3.05) is 13.7 Å². The van der Waals surface area contributed by atoms with Gasteiger partial charge >= 0.3 is 5.97 Å². The first-order chi connectivity index (χ1) is 9.70. The van der Waals surface area contributed by atoms with Crippen LogP contribution in [-0.2, 0) is 22.4 Å². The number of methoxy groups -OCH3 is 1. The first kappa shape index (κ1) is 15.0. The highest BCUT2D eigenvalue weighted by Crippen LogP contribution is 2.28. The Morgan fingerprint density at radius 2 is 2.10 bits per heavy atom. The van der Waals surface area contributed by atoms with Gasteiger partial charge in [0, 0.05) is 17.8 Å². The van der Waals surface area contributed by atoms with Crippen molar-refractivity contribution in [2.24, 2.45) is 0 Å². The molecule has 0 atom stereocenters. The Labute approximate surface area is 123 Å². The summed E-state index contributed by atoms with van der Waals surface area (Å²) in [5.41, 5.74) is 1.35. The summed E-state index contributed by atoms with van der Waals surface area (Å²) in [5, 5.41) is 2.87. The first-order valence-electron chi connectivity index (χ1n) is 7.17. The predicted molar refractivity (Wildman–Crippen MR) is 79.2 cm³/mol. The SMILES string of the molecule is COC(=O)CCCNC(=O)c1cc2c(s1)CCCCC2. The predicted octanol–water partition coefficient (Wildman–Crippen LogP) is 2.70. The molecule has 0 aromatic carbocycles. The second kappa shape index (κ2) is 7.43. The molecule has 5 heteroatoms. The fraction of sp³-hybridized carbons (Fsp3) is 0.600. The number of amides is 1. The van der Waals surface area contributed by atoms with Gasteiger partial charge in [-0.25, -0.2) is 0 Å². The molecule has 1 heterocycles. The van der Waals surface area contributed by atoms with Gasteiger partial charge in [0.15, 0.2) is 0 Å². The number of hydrogen-bond acceptors (Lipinski definition) is 4. The highest BCUT2D eigenvalue weighted by atomic mass is 32.1. The van der Waals surface area contributed by atoms with Crippen LogP contribution in [0, 0.1) is 0 Å². The lowest BCUT2D eigenvalue weighted by Crippen LogP contribution is -2.24. The van der Waals surface area contributed by atoms with Crippen molar-refractivity contribution in [3.8, 4) is 0 Å². The smallest absolute Gasteiger partial charge is 0.305 e. The maximum absolute atomic E-state index is 12.0. The van der Waals surface area contributed by atoms with Crippen LogP contribution in [0.25, 0.3) is 0 Å². The van der Waals surface area contributed by atoms with E-state index in [1.165, 1.54) is 36.8 Å². The summed E-state index contributed by atoms with van der Waals surface area (Å²) in [4.78, 5) is 25.2. The van der Waals surface area contributed by atoms with Gasteiger partial charge < -0.3 is 10.1 Å². The molecule has 0 aliphatic heterocycles. The largest absolute Gasteiger partial charge is 0.469 e. The maximum Gasteiger partial charge on any atom is 0.305 e. The zero-order chi connectivity index (χ0) is 14.4. The fourth-order valence-electron chi connectivity index (χ4n) is 2.40. The Balaban J connectivity index is 1.82. The normalized spacial score (nSPS) is 14.2. The van der Waals surface area contributed by atoms with Crippen LogP contribution in [0.5, 0.6) is 0 Å². The monoisotopic (exact) mass is 295 g/mol. The number of esters is 1. The van der Waals surface area contributed by atoms with Crippen molar-refractivity contribution < 1.29 is 14.3 Å². The lowest BCUT2D eigenvalue weighted by molar-refractivity contribution is -0.140. The standard InChI is InChI=1S/C15H21NO3S/c1-19-14(17)8-5-9-16-15(18)13-10-11-6-3-2-4-7-12(11)20-13/h10H,2-9H2,1H3,(H,16,18). The number of thiophene rings is 1. The van der Waals surface area contributed by atoms with Crippen LogP contribution in [0.15, 0.2) is 6.07 Å². The van der Waals surface area contributed by atoms with Crippen molar-refractivity contribution in [2.45, 2.75) is 44.9 Å². The van der Waals surface area contributed by atoms with Crippen LogP contribution < -0.4 is 5.32 Å². The number of fused-ring (bicyclic) bond motifs is 1. The van der Waals surface area contributed by atoms with Crippen LogP contribution in [0.4, 0.5) is 0 Å². The molecule has 1 N–H and O–H groups in total. The molecule has 2 rings (SSSR count). The summed E-state index contributed by atoms with van der Waals surface area (Å²) in [6.07, 6.45) is 6.91. The minimum Gasteiger partial charge on any atom is -0.469 e. The third-order valence-corrected chi connectivity index (χ3v) is 4.78. The average Bonchev–Trinajstić information content (AvgIpc) is 2.74. The molecule has 0 spiro atoms. The van der Waals surface area contributed by atoms with Gasteiger partial charge in [0.05, 0.1) is 12.0 Å². The van der Waals surface area contributed by atoms with E-state index >= 15 is 0 Å². The van der Waals surface area contributed by atoms with Crippen LogP contribution in [-0.4, -0.2) is 25.5 Å². The summed E-state index contributed by atoms with van der Waals surface area (Å²) in [6, 6.07) is 2.04. The summed E-state index contributed by atoms with van der Waals surface area (Å²) >= 11 is 1.62. The van der Waals surface area contributed by atoms with E-state index in [-0.39, 0.29) is 11.9 Å². The van der Waals surface area contributed by atoms with E-state index in [0.717, 1.165) is 17.7 Å². The van der Waals surface area contributed by atoms with Gasteiger partial charge in [0.1, 0.15) is 0 Å². The zero-order valence-electron chi connectivity index (χ0n) is 11.9. The molecule has 110 valence electrons. The van der Waals surface area contributed by atoms with E-state index in [2.05, 4.69) is 10.1 Å². The van der Waals surface area contributed by atoms with Crippen LogP contribution in [0.1, 0.15) is 52.2 Å². The van der Waals surface area contributed by atoms with Gasteiger partial charge in [-0.15, -0.1) is 11.3 Å². The summed E-state index contributed by atoms with van der Waals surface area (Å²) < 4.78 is 4.56. The van der Waals surface area contributed by atoms with Gasteiger partial charge in [-0.05, 0) is 43.7 Å². The zero-order valence-corrected chi connectivity index (χ0v) is 12.7. The molecule has 0 saturated carbocycles. The Bertz CT molecular complexity index is 458. The number of hydrogen-bond donors (Lipinski definition) is 1. The molecular formula is C15H21NO3S. The quantitative estimate of drug-likeness (QED) is 0.516. The molecule has 1 aliphatic carbocycles. The number of ether oxygens (including phenoxy) is 1. The minimum absolute atomic E-state index is 0.0204. The summed E-state index contributed by atoms with van der Waals surface area (Å²) in [7, 11) is 1.37. The Hall–Kier alpha value is -1.36. The van der Waals surface area contributed by atoms with Crippen molar-refractivity contribution >= 4 is 23.2 Å². The Morgan fingerprint density at radius 3 is 2.90 bits per heavy atom.